The van der Waals surface area contributed by atoms with Gasteiger partial charge in [0.1, 0.15) is 5.76 Å². The fraction of sp³-hybridized carbons (Fsp3) is 0.111. The van der Waals surface area contributed by atoms with Crippen molar-refractivity contribution in [1.82, 2.24) is 20.2 Å². The Bertz CT molecular complexity index is 967. The first-order valence-corrected chi connectivity index (χ1v) is 8.66. The number of hydrogen-bond acceptors (Lipinski definition) is 7. The Balaban J connectivity index is 1.47. The Kier molecular flexibility index (Phi) is 4.30. The van der Waals surface area contributed by atoms with Crippen molar-refractivity contribution in [1.29, 1.82) is 0 Å². The van der Waals surface area contributed by atoms with Crippen LogP contribution in [0.4, 0.5) is 0 Å². The molecule has 0 radical (unpaired) electrons. The molecule has 0 saturated heterocycles. The fourth-order valence-corrected chi connectivity index (χ4v) is 3.04. The van der Waals surface area contributed by atoms with Crippen molar-refractivity contribution in [3.05, 3.63) is 66.3 Å². The van der Waals surface area contributed by atoms with Crippen molar-refractivity contribution < 1.29 is 8.83 Å². The van der Waals surface area contributed by atoms with Crippen molar-refractivity contribution >= 4 is 11.8 Å². The van der Waals surface area contributed by atoms with E-state index in [4.69, 9.17) is 8.83 Å². The number of rotatable bonds is 5. The zero-order chi connectivity index (χ0) is 17.1. The summed E-state index contributed by atoms with van der Waals surface area (Å²) in [5.41, 5.74) is 2.67. The smallest absolute Gasteiger partial charge is 0.277 e. The van der Waals surface area contributed by atoms with Gasteiger partial charge in [-0.25, -0.2) is 4.98 Å². The number of nitrogens with zero attached hydrogens (tertiary/aromatic N) is 4. The molecule has 0 unspecified atom stereocenters. The molecule has 0 bridgehead atoms. The van der Waals surface area contributed by atoms with E-state index in [0.29, 0.717) is 22.8 Å². The van der Waals surface area contributed by atoms with Gasteiger partial charge < -0.3 is 8.83 Å². The number of aryl methyl sites for hydroxylation is 1. The predicted octanol–water partition coefficient (Wildman–Crippen LogP) is 4.39. The maximum atomic E-state index is 5.77. The maximum Gasteiger partial charge on any atom is 0.277 e. The standard InChI is InChI=1S/C18H14N4O2S/c1-12-15(20-16(23-12)13-5-3-2-4-6-13)11-25-18-22-21-17(24-18)14-7-9-19-10-8-14/h2-10H,11H2,1H3. The van der Waals surface area contributed by atoms with Crippen LogP contribution in [0.5, 0.6) is 0 Å². The lowest BCUT2D eigenvalue weighted by Crippen LogP contribution is -1.84. The van der Waals surface area contributed by atoms with E-state index in [1.807, 2.05) is 49.4 Å². The zero-order valence-electron chi connectivity index (χ0n) is 13.4. The van der Waals surface area contributed by atoms with Crippen molar-refractivity contribution in [2.24, 2.45) is 0 Å². The first kappa shape index (κ1) is 15.6. The zero-order valence-corrected chi connectivity index (χ0v) is 14.2. The van der Waals surface area contributed by atoms with Gasteiger partial charge in [-0.2, -0.15) is 0 Å². The van der Waals surface area contributed by atoms with Gasteiger partial charge >= 0.3 is 0 Å². The number of oxazole rings is 1. The second-order valence-corrected chi connectivity index (χ2v) is 6.21. The molecule has 7 heteroatoms. The fourth-order valence-electron chi connectivity index (χ4n) is 2.28. The van der Waals surface area contributed by atoms with Crippen LogP contribution < -0.4 is 0 Å². The monoisotopic (exact) mass is 350 g/mol. The van der Waals surface area contributed by atoms with Crippen molar-refractivity contribution in [2.75, 3.05) is 0 Å². The first-order valence-electron chi connectivity index (χ1n) is 7.68. The van der Waals surface area contributed by atoms with E-state index in [1.165, 1.54) is 11.8 Å². The molecule has 25 heavy (non-hydrogen) atoms. The summed E-state index contributed by atoms with van der Waals surface area (Å²) in [5, 5.41) is 8.63. The third kappa shape index (κ3) is 3.46. The van der Waals surface area contributed by atoms with Crippen LogP contribution in [0.1, 0.15) is 11.5 Å². The summed E-state index contributed by atoms with van der Waals surface area (Å²) >= 11 is 1.43. The van der Waals surface area contributed by atoms with Crippen LogP contribution in [0.3, 0.4) is 0 Å². The van der Waals surface area contributed by atoms with Crippen molar-refractivity contribution in [3.63, 3.8) is 0 Å². The van der Waals surface area contributed by atoms with Crippen LogP contribution in [-0.4, -0.2) is 20.2 Å². The summed E-state index contributed by atoms with van der Waals surface area (Å²) in [6, 6.07) is 13.5. The summed E-state index contributed by atoms with van der Waals surface area (Å²) in [5.74, 6) is 2.49. The minimum Gasteiger partial charge on any atom is -0.441 e. The Morgan fingerprint density at radius 3 is 2.44 bits per heavy atom. The predicted molar refractivity (Wildman–Crippen MR) is 93.8 cm³/mol. The Morgan fingerprint density at radius 1 is 0.880 bits per heavy atom. The summed E-state index contributed by atoms with van der Waals surface area (Å²) in [4.78, 5) is 8.55. The van der Waals surface area contributed by atoms with E-state index in [-0.39, 0.29) is 0 Å². The largest absolute Gasteiger partial charge is 0.441 e. The molecule has 3 heterocycles. The molecule has 0 aliphatic carbocycles. The van der Waals surface area contributed by atoms with Crippen LogP contribution in [0.2, 0.25) is 0 Å². The van der Waals surface area contributed by atoms with E-state index >= 15 is 0 Å². The third-order valence-corrected chi connectivity index (χ3v) is 4.41. The molecule has 0 saturated carbocycles. The molecule has 1 aromatic carbocycles. The van der Waals surface area contributed by atoms with Gasteiger partial charge in [0.2, 0.25) is 11.8 Å². The van der Waals surface area contributed by atoms with Gasteiger partial charge in [0.05, 0.1) is 5.69 Å². The SMILES string of the molecule is Cc1oc(-c2ccccc2)nc1CSc1nnc(-c2ccncc2)o1. The van der Waals surface area contributed by atoms with Crippen molar-refractivity contribution in [3.8, 4) is 22.9 Å². The molecule has 0 fully saturated rings. The molecule has 6 nitrogen and oxygen atoms in total. The number of hydrogen-bond donors (Lipinski definition) is 0. The van der Waals surface area contributed by atoms with Gasteiger partial charge in [-0.05, 0) is 31.2 Å². The van der Waals surface area contributed by atoms with E-state index < -0.39 is 0 Å². The summed E-state index contributed by atoms with van der Waals surface area (Å²) in [7, 11) is 0. The van der Waals surface area contributed by atoms with Crippen LogP contribution >= 0.6 is 11.8 Å². The second-order valence-electron chi connectivity index (χ2n) is 5.29. The minimum absolute atomic E-state index is 0.478. The molecule has 3 aromatic heterocycles. The Labute approximate surface area is 148 Å². The number of pyridine rings is 1. The van der Waals surface area contributed by atoms with E-state index in [1.54, 1.807) is 12.4 Å². The Hall–Kier alpha value is -2.93. The quantitative estimate of drug-likeness (QED) is 0.494. The molecule has 0 spiro atoms. The molecule has 0 aliphatic rings. The molecule has 4 rings (SSSR count). The van der Waals surface area contributed by atoms with Crippen LogP contribution in [0, 0.1) is 6.92 Å². The topological polar surface area (TPSA) is 77.8 Å². The lowest BCUT2D eigenvalue weighted by atomic mass is 10.2. The highest BCUT2D eigenvalue weighted by Gasteiger charge is 2.14. The number of benzene rings is 1. The van der Waals surface area contributed by atoms with Crippen LogP contribution in [0.25, 0.3) is 22.9 Å². The van der Waals surface area contributed by atoms with E-state index in [2.05, 4.69) is 20.2 Å². The molecule has 0 amide bonds. The third-order valence-electron chi connectivity index (χ3n) is 3.58. The van der Waals surface area contributed by atoms with Gasteiger partial charge in [-0.3, -0.25) is 4.98 Å². The highest BCUT2D eigenvalue weighted by molar-refractivity contribution is 7.98. The summed E-state index contributed by atoms with van der Waals surface area (Å²) < 4.78 is 11.4. The highest BCUT2D eigenvalue weighted by atomic mass is 32.2. The van der Waals surface area contributed by atoms with E-state index in [0.717, 1.165) is 22.6 Å². The molecular formula is C18H14N4O2S. The van der Waals surface area contributed by atoms with Gasteiger partial charge in [-0.1, -0.05) is 30.0 Å². The first-order chi connectivity index (χ1) is 12.3. The molecule has 0 N–H and O–H groups in total. The second kappa shape index (κ2) is 6.90. The molecular weight excluding hydrogens is 336 g/mol. The summed E-state index contributed by atoms with van der Waals surface area (Å²) in [6.45, 7) is 1.91. The maximum absolute atomic E-state index is 5.77. The van der Waals surface area contributed by atoms with Gasteiger partial charge in [0.15, 0.2) is 0 Å². The van der Waals surface area contributed by atoms with Crippen molar-refractivity contribution in [2.45, 2.75) is 17.9 Å². The molecule has 4 aromatic rings. The molecule has 124 valence electrons. The van der Waals surface area contributed by atoms with E-state index in [9.17, 15) is 0 Å². The number of aromatic nitrogens is 4. The van der Waals surface area contributed by atoms with Gasteiger partial charge in [-0.15, -0.1) is 10.2 Å². The Morgan fingerprint density at radius 2 is 1.64 bits per heavy atom. The average Bonchev–Trinajstić information content (AvgIpc) is 3.28. The lowest BCUT2D eigenvalue weighted by molar-refractivity contribution is 0.465. The van der Waals surface area contributed by atoms with Gasteiger partial charge in [0.25, 0.3) is 5.22 Å². The lowest BCUT2D eigenvalue weighted by Gasteiger charge is -1.94. The van der Waals surface area contributed by atoms with Crippen LogP contribution in [0.15, 0.2) is 68.9 Å². The minimum atomic E-state index is 0.478. The highest BCUT2D eigenvalue weighted by Crippen LogP contribution is 2.28. The van der Waals surface area contributed by atoms with Crippen LogP contribution in [-0.2, 0) is 5.75 Å². The number of thioether (sulfide) groups is 1. The molecule has 0 aliphatic heterocycles. The average molecular weight is 350 g/mol. The van der Waals surface area contributed by atoms with Gasteiger partial charge in [0, 0.05) is 29.3 Å². The molecule has 0 atom stereocenters. The normalized spacial score (nSPS) is 10.9. The summed E-state index contributed by atoms with van der Waals surface area (Å²) in [6.07, 6.45) is 3.38.